The van der Waals surface area contributed by atoms with E-state index in [1.807, 2.05) is 67.6 Å². The number of aromatic nitrogens is 7. The molecule has 0 saturated carbocycles. The quantitative estimate of drug-likeness (QED) is 0.382. The molecule has 9 nitrogen and oxygen atoms in total. The summed E-state index contributed by atoms with van der Waals surface area (Å²) >= 11 is 0. The van der Waals surface area contributed by atoms with Gasteiger partial charge in [0.1, 0.15) is 11.5 Å². The number of pyridine rings is 1. The standard InChI is InChI=1S/C25H17N7O2/c1-15-2-4-18(5-3-15)23-29-22(32-34-23)17-8-6-16(7-9-17)21-27-14-20(28-21)25-31-30-24(33-25)19-10-12-26-13-11-19/h2-14H,1H3,(H,27,28). The van der Waals surface area contributed by atoms with E-state index >= 15 is 0 Å². The molecule has 4 aromatic heterocycles. The van der Waals surface area contributed by atoms with Crippen LogP contribution in [0.15, 0.2) is 88.2 Å². The maximum absolute atomic E-state index is 5.78. The van der Waals surface area contributed by atoms with Crippen LogP contribution in [0.4, 0.5) is 0 Å². The third-order valence-corrected chi connectivity index (χ3v) is 5.30. The summed E-state index contributed by atoms with van der Waals surface area (Å²) in [6, 6.07) is 19.3. The molecule has 0 amide bonds. The number of H-pyrrole nitrogens is 1. The summed E-state index contributed by atoms with van der Waals surface area (Å²) in [6.45, 7) is 2.04. The van der Waals surface area contributed by atoms with Gasteiger partial charge in [-0.2, -0.15) is 4.98 Å². The van der Waals surface area contributed by atoms with E-state index < -0.39 is 0 Å². The van der Waals surface area contributed by atoms with Crippen LogP contribution in [0.5, 0.6) is 0 Å². The molecule has 6 aromatic rings. The van der Waals surface area contributed by atoms with Crippen LogP contribution in [0.1, 0.15) is 5.56 Å². The van der Waals surface area contributed by atoms with Crippen LogP contribution in [0, 0.1) is 6.92 Å². The van der Waals surface area contributed by atoms with Crippen molar-refractivity contribution in [3.63, 3.8) is 0 Å². The molecule has 0 unspecified atom stereocenters. The number of hydrogen-bond acceptors (Lipinski definition) is 8. The lowest BCUT2D eigenvalue weighted by atomic mass is 10.1. The van der Waals surface area contributed by atoms with Crippen molar-refractivity contribution in [2.75, 3.05) is 0 Å². The number of imidazole rings is 1. The predicted octanol–water partition coefficient (Wildman–Crippen LogP) is 5.21. The second-order valence-corrected chi connectivity index (χ2v) is 7.66. The smallest absolute Gasteiger partial charge is 0.266 e. The number of rotatable bonds is 5. The van der Waals surface area contributed by atoms with E-state index in [0.717, 1.165) is 22.3 Å². The van der Waals surface area contributed by atoms with E-state index in [4.69, 9.17) is 8.94 Å². The molecule has 0 aliphatic carbocycles. The van der Waals surface area contributed by atoms with Crippen LogP contribution in [-0.2, 0) is 0 Å². The van der Waals surface area contributed by atoms with Crippen molar-refractivity contribution in [3.05, 3.63) is 84.8 Å². The van der Waals surface area contributed by atoms with E-state index in [1.165, 1.54) is 5.56 Å². The van der Waals surface area contributed by atoms with E-state index in [-0.39, 0.29) is 0 Å². The zero-order valence-corrected chi connectivity index (χ0v) is 18.0. The zero-order chi connectivity index (χ0) is 22.9. The van der Waals surface area contributed by atoms with Crippen molar-refractivity contribution >= 4 is 0 Å². The fraction of sp³-hybridized carbons (Fsp3) is 0.0400. The average Bonchev–Trinajstić information content (AvgIpc) is 3.66. The Morgan fingerprint density at radius 1 is 0.706 bits per heavy atom. The highest BCUT2D eigenvalue weighted by atomic mass is 16.5. The molecule has 0 fully saturated rings. The monoisotopic (exact) mass is 447 g/mol. The third-order valence-electron chi connectivity index (χ3n) is 5.30. The van der Waals surface area contributed by atoms with Crippen LogP contribution in [-0.4, -0.2) is 35.3 Å². The molecule has 2 aromatic carbocycles. The summed E-state index contributed by atoms with van der Waals surface area (Å²) in [5.74, 6) is 2.47. The Bertz CT molecular complexity index is 1550. The summed E-state index contributed by atoms with van der Waals surface area (Å²) in [5.41, 5.74) is 5.23. The molecule has 0 aliphatic rings. The van der Waals surface area contributed by atoms with E-state index in [1.54, 1.807) is 18.6 Å². The Kier molecular flexibility index (Phi) is 4.77. The predicted molar refractivity (Wildman–Crippen MR) is 124 cm³/mol. The van der Waals surface area contributed by atoms with Gasteiger partial charge in [0.25, 0.3) is 11.8 Å². The SMILES string of the molecule is Cc1ccc(-c2nc(-c3ccc(-c4ncc(-c5nnc(-c6ccncc6)o5)[nH]4)cc3)no2)cc1. The Hall–Kier alpha value is -4.92. The van der Waals surface area contributed by atoms with Gasteiger partial charge < -0.3 is 13.9 Å². The number of nitrogens with one attached hydrogen (secondary N) is 1. The molecule has 0 bridgehead atoms. The van der Waals surface area contributed by atoms with Gasteiger partial charge >= 0.3 is 0 Å². The highest BCUT2D eigenvalue weighted by Gasteiger charge is 2.15. The van der Waals surface area contributed by atoms with Crippen molar-refractivity contribution in [2.45, 2.75) is 6.92 Å². The lowest BCUT2D eigenvalue weighted by Crippen LogP contribution is -1.84. The Morgan fingerprint density at radius 3 is 2.18 bits per heavy atom. The first-order chi connectivity index (χ1) is 16.7. The molecule has 34 heavy (non-hydrogen) atoms. The van der Waals surface area contributed by atoms with E-state index in [2.05, 4.69) is 35.3 Å². The van der Waals surface area contributed by atoms with Gasteiger partial charge in [-0.3, -0.25) is 4.98 Å². The first kappa shape index (κ1) is 19.7. The lowest BCUT2D eigenvalue weighted by molar-refractivity contribution is 0.432. The largest absolute Gasteiger partial charge is 0.415 e. The van der Waals surface area contributed by atoms with Crippen molar-refractivity contribution in [2.24, 2.45) is 0 Å². The maximum atomic E-state index is 5.78. The molecule has 0 atom stereocenters. The first-order valence-electron chi connectivity index (χ1n) is 10.5. The van der Waals surface area contributed by atoms with Crippen molar-refractivity contribution in [1.29, 1.82) is 0 Å². The summed E-state index contributed by atoms with van der Waals surface area (Å²) < 4.78 is 11.2. The van der Waals surface area contributed by atoms with Crippen molar-refractivity contribution in [3.8, 4) is 57.3 Å². The maximum Gasteiger partial charge on any atom is 0.266 e. The second-order valence-electron chi connectivity index (χ2n) is 7.66. The number of hydrogen-bond donors (Lipinski definition) is 1. The fourth-order valence-electron chi connectivity index (χ4n) is 3.45. The van der Waals surface area contributed by atoms with Gasteiger partial charge in [-0.05, 0) is 31.2 Å². The van der Waals surface area contributed by atoms with Gasteiger partial charge in [0.05, 0.1) is 6.20 Å². The molecular weight excluding hydrogens is 430 g/mol. The van der Waals surface area contributed by atoms with E-state index in [0.29, 0.717) is 35.0 Å². The Morgan fingerprint density at radius 2 is 1.38 bits per heavy atom. The second kappa shape index (κ2) is 8.21. The van der Waals surface area contributed by atoms with Crippen molar-refractivity contribution in [1.82, 2.24) is 35.3 Å². The third kappa shape index (κ3) is 3.75. The van der Waals surface area contributed by atoms with Gasteiger partial charge in [0.2, 0.25) is 11.7 Å². The minimum absolute atomic E-state index is 0.359. The van der Waals surface area contributed by atoms with Gasteiger partial charge in [-0.15, -0.1) is 10.2 Å². The molecular formula is C25H17N7O2. The fourth-order valence-corrected chi connectivity index (χ4v) is 3.45. The minimum Gasteiger partial charge on any atom is -0.415 e. The average molecular weight is 447 g/mol. The number of nitrogens with zero attached hydrogens (tertiary/aromatic N) is 6. The summed E-state index contributed by atoms with van der Waals surface area (Å²) in [4.78, 5) is 16.2. The molecule has 4 heterocycles. The van der Waals surface area contributed by atoms with Gasteiger partial charge in [-0.1, -0.05) is 47.1 Å². The van der Waals surface area contributed by atoms with Crippen LogP contribution >= 0.6 is 0 Å². The number of aryl methyl sites for hydroxylation is 1. The highest BCUT2D eigenvalue weighted by molar-refractivity contribution is 5.66. The molecule has 0 saturated heterocycles. The van der Waals surface area contributed by atoms with Crippen LogP contribution < -0.4 is 0 Å². The number of benzene rings is 2. The summed E-state index contributed by atoms with van der Waals surface area (Å²) in [6.07, 6.45) is 5.02. The molecule has 0 spiro atoms. The minimum atomic E-state index is 0.359. The summed E-state index contributed by atoms with van der Waals surface area (Å²) in [7, 11) is 0. The van der Waals surface area contributed by atoms with Crippen LogP contribution in [0.25, 0.3) is 57.3 Å². The molecule has 0 radical (unpaired) electrons. The van der Waals surface area contributed by atoms with Crippen LogP contribution in [0.3, 0.4) is 0 Å². The normalized spacial score (nSPS) is 11.1. The topological polar surface area (TPSA) is 119 Å². The zero-order valence-electron chi connectivity index (χ0n) is 18.0. The van der Waals surface area contributed by atoms with Gasteiger partial charge in [0, 0.05) is 34.6 Å². The molecule has 1 N–H and O–H groups in total. The molecule has 9 heteroatoms. The lowest BCUT2D eigenvalue weighted by Gasteiger charge is -1.99. The molecule has 6 rings (SSSR count). The van der Waals surface area contributed by atoms with Crippen molar-refractivity contribution < 1.29 is 8.94 Å². The number of aromatic amines is 1. The summed E-state index contributed by atoms with van der Waals surface area (Å²) in [5, 5.41) is 12.3. The van der Waals surface area contributed by atoms with Gasteiger partial charge in [-0.25, -0.2) is 4.98 Å². The molecule has 0 aliphatic heterocycles. The Balaban J connectivity index is 1.21. The van der Waals surface area contributed by atoms with Crippen LogP contribution in [0.2, 0.25) is 0 Å². The highest BCUT2D eigenvalue weighted by Crippen LogP contribution is 2.27. The van der Waals surface area contributed by atoms with E-state index in [9.17, 15) is 0 Å². The molecule has 164 valence electrons. The van der Waals surface area contributed by atoms with Gasteiger partial charge in [0.15, 0.2) is 0 Å². The first-order valence-corrected chi connectivity index (χ1v) is 10.5. The Labute approximate surface area is 193 Å².